The van der Waals surface area contributed by atoms with Crippen LogP contribution in [0.25, 0.3) is 0 Å². The number of terminal acetylenes is 1. The predicted octanol–water partition coefficient (Wildman–Crippen LogP) is 2.20. The van der Waals surface area contributed by atoms with Gasteiger partial charge >= 0.3 is 5.97 Å². The van der Waals surface area contributed by atoms with Gasteiger partial charge in [-0.3, -0.25) is 4.79 Å². The van der Waals surface area contributed by atoms with E-state index in [1.54, 1.807) is 0 Å². The first kappa shape index (κ1) is 15.5. The molecule has 1 amide bonds. The molecular formula is C15H21N3O3. The molecule has 21 heavy (non-hydrogen) atoms. The number of carboxylic acids is 1. The van der Waals surface area contributed by atoms with Gasteiger partial charge in [0.25, 0.3) is 0 Å². The molecule has 2 aliphatic rings. The summed E-state index contributed by atoms with van der Waals surface area (Å²) >= 11 is 0. The Hall–Kier alpha value is -1.90. The molecule has 0 aromatic rings. The van der Waals surface area contributed by atoms with Gasteiger partial charge in [0.15, 0.2) is 5.66 Å². The van der Waals surface area contributed by atoms with E-state index < -0.39 is 17.7 Å². The number of carbonyl (C=O) groups excluding carboxylic acids is 1. The molecule has 6 nitrogen and oxygen atoms in total. The molecule has 0 aliphatic carbocycles. The molecule has 6 heteroatoms. The largest absolute Gasteiger partial charge is 0.480 e. The molecule has 0 bridgehead atoms. The fraction of sp³-hybridized carbons (Fsp3) is 0.733. The van der Waals surface area contributed by atoms with Crippen molar-refractivity contribution in [2.75, 3.05) is 6.54 Å². The van der Waals surface area contributed by atoms with Crippen LogP contribution in [0, 0.1) is 12.3 Å². The summed E-state index contributed by atoms with van der Waals surface area (Å²) in [6.45, 7) is 0.529. The summed E-state index contributed by atoms with van der Waals surface area (Å²) in [5.74, 6) is 1.53. The fourth-order valence-electron chi connectivity index (χ4n) is 2.78. The molecule has 0 spiro atoms. The third kappa shape index (κ3) is 4.03. The molecule has 1 atom stereocenters. The average molecular weight is 291 g/mol. The third-order valence-corrected chi connectivity index (χ3v) is 4.15. The van der Waals surface area contributed by atoms with Gasteiger partial charge in [-0.2, -0.15) is 10.2 Å². The van der Waals surface area contributed by atoms with Crippen molar-refractivity contribution in [3.63, 3.8) is 0 Å². The SMILES string of the molecule is C#CCCC1(CCC(=O)N2CCCCCC2C(=O)O)N=N1. The lowest BCUT2D eigenvalue weighted by Crippen LogP contribution is -2.44. The molecule has 2 rings (SSSR count). The maximum Gasteiger partial charge on any atom is 0.326 e. The molecule has 2 aliphatic heterocycles. The number of amides is 1. The lowest BCUT2D eigenvalue weighted by molar-refractivity contribution is -0.150. The highest BCUT2D eigenvalue weighted by molar-refractivity contribution is 5.83. The van der Waals surface area contributed by atoms with E-state index in [9.17, 15) is 14.7 Å². The monoisotopic (exact) mass is 291 g/mol. The van der Waals surface area contributed by atoms with Crippen molar-refractivity contribution < 1.29 is 14.7 Å². The van der Waals surface area contributed by atoms with Crippen LogP contribution in [0.3, 0.4) is 0 Å². The summed E-state index contributed by atoms with van der Waals surface area (Å²) in [5.41, 5.74) is -0.480. The number of carboxylic acid groups (broad SMARTS) is 1. The van der Waals surface area contributed by atoms with Gasteiger partial charge in [0, 0.05) is 32.2 Å². The van der Waals surface area contributed by atoms with Gasteiger partial charge in [0.1, 0.15) is 6.04 Å². The fourth-order valence-corrected chi connectivity index (χ4v) is 2.78. The summed E-state index contributed by atoms with van der Waals surface area (Å²) in [7, 11) is 0. The normalized spacial score (nSPS) is 23.2. The van der Waals surface area contributed by atoms with Gasteiger partial charge in [-0.15, -0.1) is 12.3 Å². The predicted molar refractivity (Wildman–Crippen MR) is 76.5 cm³/mol. The van der Waals surface area contributed by atoms with Crippen LogP contribution in [-0.4, -0.2) is 40.1 Å². The highest BCUT2D eigenvalue weighted by atomic mass is 16.4. The Balaban J connectivity index is 1.89. The van der Waals surface area contributed by atoms with E-state index in [1.807, 2.05) is 0 Å². The highest BCUT2D eigenvalue weighted by Gasteiger charge is 2.40. The summed E-state index contributed by atoms with van der Waals surface area (Å²) in [6.07, 6.45) is 10.5. The van der Waals surface area contributed by atoms with Crippen LogP contribution in [0.4, 0.5) is 0 Å². The molecule has 2 heterocycles. The van der Waals surface area contributed by atoms with Crippen LogP contribution in [-0.2, 0) is 9.59 Å². The lowest BCUT2D eigenvalue weighted by Gasteiger charge is -2.27. The van der Waals surface area contributed by atoms with Crippen molar-refractivity contribution in [3.8, 4) is 12.3 Å². The van der Waals surface area contributed by atoms with Gasteiger partial charge in [-0.25, -0.2) is 4.79 Å². The lowest BCUT2D eigenvalue weighted by atomic mass is 10.0. The number of likely N-dealkylation sites (tertiary alicyclic amines) is 1. The summed E-state index contributed by atoms with van der Waals surface area (Å²) in [6, 6.07) is -0.685. The van der Waals surface area contributed by atoms with Crippen molar-refractivity contribution in [1.29, 1.82) is 0 Å². The second kappa shape index (κ2) is 6.70. The van der Waals surface area contributed by atoms with Crippen LogP contribution in [0.15, 0.2) is 10.2 Å². The van der Waals surface area contributed by atoms with Crippen molar-refractivity contribution >= 4 is 11.9 Å². The first-order valence-corrected chi connectivity index (χ1v) is 7.48. The standard InChI is InChI=1S/C15H21N3O3/c1-2-3-9-15(16-17-15)10-8-13(19)18-11-6-4-5-7-12(18)14(20)21/h1,12H,3-11H2,(H,20,21). The first-order chi connectivity index (χ1) is 10.1. The maximum atomic E-state index is 12.4. The van der Waals surface area contributed by atoms with Crippen molar-refractivity contribution in [2.24, 2.45) is 10.2 Å². The Labute approximate surface area is 124 Å². The van der Waals surface area contributed by atoms with E-state index in [4.69, 9.17) is 6.42 Å². The Morgan fingerprint density at radius 1 is 1.29 bits per heavy atom. The molecule has 1 fully saturated rings. The Kier molecular flexibility index (Phi) is 4.94. The summed E-state index contributed by atoms with van der Waals surface area (Å²) in [5, 5.41) is 17.3. The Bertz CT molecular complexity index is 475. The second-order valence-electron chi connectivity index (χ2n) is 5.68. The summed E-state index contributed by atoms with van der Waals surface area (Å²) < 4.78 is 0. The quantitative estimate of drug-likeness (QED) is 0.761. The van der Waals surface area contributed by atoms with Crippen LogP contribution < -0.4 is 0 Å². The van der Waals surface area contributed by atoms with Crippen LogP contribution in [0.2, 0.25) is 0 Å². The molecule has 1 saturated heterocycles. The maximum absolute atomic E-state index is 12.4. The number of hydrogen-bond donors (Lipinski definition) is 1. The zero-order chi connectivity index (χ0) is 15.3. The van der Waals surface area contributed by atoms with Crippen LogP contribution in [0.1, 0.15) is 51.4 Å². The van der Waals surface area contributed by atoms with E-state index in [2.05, 4.69) is 16.1 Å². The van der Waals surface area contributed by atoms with Gasteiger partial charge in [0.2, 0.25) is 5.91 Å². The van der Waals surface area contributed by atoms with Gasteiger partial charge in [0.05, 0.1) is 0 Å². The molecule has 1 unspecified atom stereocenters. The van der Waals surface area contributed by atoms with Crippen molar-refractivity contribution in [1.82, 2.24) is 4.90 Å². The molecule has 0 aromatic heterocycles. The minimum Gasteiger partial charge on any atom is -0.480 e. The molecule has 0 aromatic carbocycles. The summed E-state index contributed by atoms with van der Waals surface area (Å²) in [4.78, 5) is 25.2. The molecular weight excluding hydrogens is 270 g/mol. The zero-order valence-electron chi connectivity index (χ0n) is 12.1. The third-order valence-electron chi connectivity index (χ3n) is 4.15. The minimum atomic E-state index is -0.909. The first-order valence-electron chi connectivity index (χ1n) is 7.48. The highest BCUT2D eigenvalue weighted by Crippen LogP contribution is 2.37. The number of hydrogen-bond acceptors (Lipinski definition) is 4. The van der Waals surface area contributed by atoms with Crippen molar-refractivity contribution in [3.05, 3.63) is 0 Å². The number of aliphatic carboxylic acids is 1. The Morgan fingerprint density at radius 3 is 2.67 bits per heavy atom. The number of rotatable bonds is 6. The van der Waals surface area contributed by atoms with Gasteiger partial charge in [-0.05, 0) is 12.8 Å². The Morgan fingerprint density at radius 2 is 2.05 bits per heavy atom. The number of carbonyl (C=O) groups is 2. The molecule has 1 N–H and O–H groups in total. The smallest absolute Gasteiger partial charge is 0.326 e. The van der Waals surface area contributed by atoms with Gasteiger partial charge in [-0.1, -0.05) is 12.8 Å². The number of nitrogens with zero attached hydrogens (tertiary/aromatic N) is 3. The zero-order valence-corrected chi connectivity index (χ0v) is 12.1. The van der Waals surface area contributed by atoms with Gasteiger partial charge < -0.3 is 10.0 Å². The van der Waals surface area contributed by atoms with Crippen LogP contribution >= 0.6 is 0 Å². The van der Waals surface area contributed by atoms with E-state index in [1.165, 1.54) is 4.90 Å². The molecule has 0 saturated carbocycles. The van der Waals surface area contributed by atoms with E-state index in [0.717, 1.165) is 19.3 Å². The average Bonchev–Trinajstić information content (AvgIpc) is 3.26. The molecule has 114 valence electrons. The van der Waals surface area contributed by atoms with E-state index in [0.29, 0.717) is 32.2 Å². The van der Waals surface area contributed by atoms with E-state index in [-0.39, 0.29) is 12.3 Å². The van der Waals surface area contributed by atoms with Crippen LogP contribution in [0.5, 0.6) is 0 Å². The van der Waals surface area contributed by atoms with Crippen molar-refractivity contribution in [2.45, 2.75) is 63.1 Å². The molecule has 0 radical (unpaired) electrons. The second-order valence-corrected chi connectivity index (χ2v) is 5.68. The van der Waals surface area contributed by atoms with E-state index >= 15 is 0 Å². The minimum absolute atomic E-state index is 0.110. The topological polar surface area (TPSA) is 82.3 Å².